The Labute approximate surface area is 164 Å². The maximum atomic E-state index is 12.0. The summed E-state index contributed by atoms with van der Waals surface area (Å²) in [5.41, 5.74) is 1.50. The van der Waals surface area contributed by atoms with E-state index >= 15 is 0 Å². The Hall–Kier alpha value is -3.14. The van der Waals surface area contributed by atoms with Crippen molar-refractivity contribution < 1.29 is 19.1 Å². The van der Waals surface area contributed by atoms with E-state index in [0.717, 1.165) is 31.2 Å². The molecule has 2 N–H and O–H groups in total. The van der Waals surface area contributed by atoms with Crippen LogP contribution in [0.15, 0.2) is 29.8 Å². The van der Waals surface area contributed by atoms with Gasteiger partial charge in [0.25, 0.3) is 5.91 Å². The second-order valence-electron chi connectivity index (χ2n) is 7.05. The van der Waals surface area contributed by atoms with E-state index in [1.807, 2.05) is 19.1 Å². The summed E-state index contributed by atoms with van der Waals surface area (Å²) < 4.78 is 4.84. The number of aryl methyl sites for hydroxylation is 1. The van der Waals surface area contributed by atoms with Crippen LogP contribution in [0.3, 0.4) is 0 Å². The van der Waals surface area contributed by atoms with Gasteiger partial charge < -0.3 is 10.1 Å². The van der Waals surface area contributed by atoms with Crippen LogP contribution >= 0.6 is 0 Å². The van der Waals surface area contributed by atoms with Crippen LogP contribution in [-0.2, 0) is 14.3 Å². The van der Waals surface area contributed by atoms with Crippen molar-refractivity contribution >= 4 is 24.0 Å². The zero-order valence-electron chi connectivity index (χ0n) is 16.2. The zero-order chi connectivity index (χ0) is 20.5. The van der Waals surface area contributed by atoms with Crippen molar-refractivity contribution in [3.63, 3.8) is 0 Å². The Morgan fingerprint density at radius 2 is 1.89 bits per heavy atom. The van der Waals surface area contributed by atoms with Gasteiger partial charge in [0.15, 0.2) is 6.61 Å². The maximum Gasteiger partial charge on any atom is 0.349 e. The van der Waals surface area contributed by atoms with Gasteiger partial charge in [-0.3, -0.25) is 10.1 Å². The molecule has 7 nitrogen and oxygen atoms in total. The Bertz CT molecular complexity index is 793. The van der Waals surface area contributed by atoms with Crippen LogP contribution in [-0.4, -0.2) is 30.6 Å². The predicted octanol–water partition coefficient (Wildman–Crippen LogP) is 2.85. The molecular weight excluding hydrogens is 358 g/mol. The van der Waals surface area contributed by atoms with Crippen LogP contribution < -0.4 is 10.6 Å². The Balaban J connectivity index is 1.82. The highest BCUT2D eigenvalue weighted by Crippen LogP contribution is 2.23. The minimum absolute atomic E-state index is 0.0340. The average Bonchev–Trinajstić information content (AvgIpc) is 2.67. The number of hydrogen-bond donors (Lipinski definition) is 2. The fraction of sp³-hybridized carbons (Fsp3) is 0.429. The van der Waals surface area contributed by atoms with Gasteiger partial charge in [-0.05, 0) is 37.3 Å². The van der Waals surface area contributed by atoms with E-state index in [9.17, 15) is 14.4 Å². The van der Waals surface area contributed by atoms with Crippen LogP contribution in [0.1, 0.15) is 43.7 Å². The fourth-order valence-electron chi connectivity index (χ4n) is 3.07. The van der Waals surface area contributed by atoms with Crippen molar-refractivity contribution in [1.82, 2.24) is 10.6 Å². The van der Waals surface area contributed by atoms with E-state index in [4.69, 9.17) is 10.00 Å². The Morgan fingerprint density at radius 1 is 1.21 bits per heavy atom. The molecule has 0 unspecified atom stereocenters. The minimum atomic E-state index is -0.917. The number of carbonyl (C=O) groups is 3. The zero-order valence-corrected chi connectivity index (χ0v) is 16.2. The highest BCUT2D eigenvalue weighted by molar-refractivity contribution is 6.00. The van der Waals surface area contributed by atoms with Crippen LogP contribution in [0.2, 0.25) is 0 Å². The fourth-order valence-corrected chi connectivity index (χ4v) is 3.07. The molecule has 0 bridgehead atoms. The van der Waals surface area contributed by atoms with E-state index in [1.54, 1.807) is 18.2 Å². The standard InChI is InChI=1S/C21H25N3O4/c1-14-7-9-16(10-8-14)11-17(12-22)20(26)28-13-19(25)24-21(27)23-18-6-4-3-5-15(18)2/h7-11,15,18H,3-6,13H2,1-2H3,(H2,23,24,25,27)/b17-11+/t15-,18-/m1/s1. The molecule has 3 amide bonds. The minimum Gasteiger partial charge on any atom is -0.451 e. The molecule has 2 rings (SSSR count). The molecule has 0 saturated heterocycles. The summed E-state index contributed by atoms with van der Waals surface area (Å²) in [6.07, 6.45) is 5.50. The number of imide groups is 1. The third kappa shape index (κ3) is 6.54. The summed E-state index contributed by atoms with van der Waals surface area (Å²) in [5.74, 6) is -1.31. The smallest absolute Gasteiger partial charge is 0.349 e. The third-order valence-corrected chi connectivity index (χ3v) is 4.74. The molecule has 1 aromatic carbocycles. The highest BCUT2D eigenvalue weighted by Gasteiger charge is 2.23. The van der Waals surface area contributed by atoms with Crippen LogP contribution in [0.4, 0.5) is 4.79 Å². The Kier molecular flexibility index (Phi) is 7.76. The van der Waals surface area contributed by atoms with E-state index in [1.165, 1.54) is 6.08 Å². The van der Waals surface area contributed by atoms with E-state index in [0.29, 0.717) is 11.5 Å². The largest absolute Gasteiger partial charge is 0.451 e. The van der Waals surface area contributed by atoms with Gasteiger partial charge in [-0.25, -0.2) is 9.59 Å². The number of rotatable bonds is 5. The quantitative estimate of drug-likeness (QED) is 0.462. The maximum absolute atomic E-state index is 12.0. The molecule has 0 spiro atoms. The van der Waals surface area contributed by atoms with Crippen LogP contribution in [0.5, 0.6) is 0 Å². The number of amides is 3. The van der Waals surface area contributed by atoms with Crippen LogP contribution in [0.25, 0.3) is 6.08 Å². The lowest BCUT2D eigenvalue weighted by Gasteiger charge is -2.29. The summed E-state index contributed by atoms with van der Waals surface area (Å²) in [6.45, 7) is 3.35. The highest BCUT2D eigenvalue weighted by atomic mass is 16.5. The van der Waals surface area contributed by atoms with Gasteiger partial charge in [0.2, 0.25) is 0 Å². The summed E-state index contributed by atoms with van der Waals surface area (Å²) in [5, 5.41) is 14.1. The van der Waals surface area contributed by atoms with Gasteiger partial charge in [-0.1, -0.05) is 49.6 Å². The van der Waals surface area contributed by atoms with Crippen molar-refractivity contribution in [2.24, 2.45) is 5.92 Å². The number of esters is 1. The predicted molar refractivity (Wildman–Crippen MR) is 104 cm³/mol. The van der Waals surface area contributed by atoms with Gasteiger partial charge in [-0.2, -0.15) is 5.26 Å². The second kappa shape index (κ2) is 10.3. The molecule has 0 radical (unpaired) electrons. The number of nitriles is 1. The normalized spacial score (nSPS) is 19.2. The average molecular weight is 383 g/mol. The molecule has 28 heavy (non-hydrogen) atoms. The molecule has 0 aromatic heterocycles. The first-order chi connectivity index (χ1) is 13.4. The van der Waals surface area contributed by atoms with E-state index in [-0.39, 0.29) is 11.6 Å². The number of nitrogens with zero attached hydrogens (tertiary/aromatic N) is 1. The number of nitrogens with one attached hydrogen (secondary N) is 2. The van der Waals surface area contributed by atoms with Crippen LogP contribution in [0, 0.1) is 24.2 Å². The molecule has 1 aromatic rings. The third-order valence-electron chi connectivity index (χ3n) is 4.74. The lowest BCUT2D eigenvalue weighted by Crippen LogP contribution is -2.48. The van der Waals surface area contributed by atoms with Gasteiger partial charge in [0.1, 0.15) is 11.6 Å². The van der Waals surface area contributed by atoms with Gasteiger partial charge in [0, 0.05) is 6.04 Å². The lowest BCUT2D eigenvalue weighted by atomic mass is 9.86. The molecule has 1 aliphatic rings. The molecular formula is C21H25N3O4. The van der Waals surface area contributed by atoms with Crippen molar-refractivity contribution in [2.75, 3.05) is 6.61 Å². The number of carbonyl (C=O) groups excluding carboxylic acids is 3. The SMILES string of the molecule is Cc1ccc(/C=C(\C#N)C(=O)OCC(=O)NC(=O)N[C@@H]2CCCC[C@H]2C)cc1. The first-order valence-electron chi connectivity index (χ1n) is 9.35. The molecule has 148 valence electrons. The summed E-state index contributed by atoms with van der Waals surface area (Å²) in [6, 6.07) is 8.44. The van der Waals surface area contributed by atoms with Crippen molar-refractivity contribution in [1.29, 1.82) is 5.26 Å². The molecule has 1 saturated carbocycles. The second-order valence-corrected chi connectivity index (χ2v) is 7.05. The molecule has 0 heterocycles. The van der Waals surface area contributed by atoms with Gasteiger partial charge in [-0.15, -0.1) is 0 Å². The molecule has 0 aliphatic heterocycles. The first kappa shape index (κ1) is 21.2. The van der Waals surface area contributed by atoms with Gasteiger partial charge in [0.05, 0.1) is 0 Å². The number of hydrogen-bond acceptors (Lipinski definition) is 5. The van der Waals surface area contributed by atoms with Crippen molar-refractivity contribution in [2.45, 2.75) is 45.6 Å². The lowest BCUT2D eigenvalue weighted by molar-refractivity contribution is -0.144. The first-order valence-corrected chi connectivity index (χ1v) is 9.35. The summed E-state index contributed by atoms with van der Waals surface area (Å²) >= 11 is 0. The number of urea groups is 1. The van der Waals surface area contributed by atoms with Crippen molar-refractivity contribution in [3.05, 3.63) is 41.0 Å². The van der Waals surface area contributed by atoms with E-state index in [2.05, 4.69) is 17.6 Å². The molecule has 2 atom stereocenters. The summed E-state index contributed by atoms with van der Waals surface area (Å²) in [7, 11) is 0. The molecule has 7 heteroatoms. The molecule has 1 fully saturated rings. The van der Waals surface area contributed by atoms with Crippen molar-refractivity contribution in [3.8, 4) is 6.07 Å². The Morgan fingerprint density at radius 3 is 2.54 bits per heavy atom. The topological polar surface area (TPSA) is 108 Å². The number of benzene rings is 1. The molecule has 1 aliphatic carbocycles. The van der Waals surface area contributed by atoms with E-state index < -0.39 is 24.5 Å². The number of ether oxygens (including phenoxy) is 1. The monoisotopic (exact) mass is 383 g/mol. The van der Waals surface area contributed by atoms with Gasteiger partial charge >= 0.3 is 12.0 Å². The summed E-state index contributed by atoms with van der Waals surface area (Å²) in [4.78, 5) is 35.8.